The van der Waals surface area contributed by atoms with Crippen LogP contribution in [0.5, 0.6) is 0 Å². The second-order valence-corrected chi connectivity index (χ2v) is 7.23. The summed E-state index contributed by atoms with van der Waals surface area (Å²) in [6.07, 6.45) is -0.0891. The maximum absolute atomic E-state index is 12.0. The number of ether oxygens (including phenoxy) is 1. The molecule has 0 radical (unpaired) electrons. The SMILES string of the molecule is CN1CCOC(CNS(=O)(=O)Cc2ccc(Cl)cc2)C1. The molecule has 0 bridgehead atoms. The van der Waals surface area contributed by atoms with Crippen molar-refractivity contribution in [2.24, 2.45) is 0 Å². The smallest absolute Gasteiger partial charge is 0.215 e. The molecule has 1 atom stereocenters. The van der Waals surface area contributed by atoms with Gasteiger partial charge in [0.2, 0.25) is 10.0 Å². The Bertz CT molecular complexity index is 533. The number of halogens is 1. The Hall–Kier alpha value is -0.660. The van der Waals surface area contributed by atoms with Crippen molar-refractivity contribution >= 4 is 21.6 Å². The molecule has 7 heteroatoms. The van der Waals surface area contributed by atoms with E-state index < -0.39 is 10.0 Å². The molecule has 1 aromatic rings. The van der Waals surface area contributed by atoms with Crippen molar-refractivity contribution in [3.8, 4) is 0 Å². The number of hydrogen-bond acceptors (Lipinski definition) is 4. The molecule has 1 aliphatic rings. The van der Waals surface area contributed by atoms with E-state index in [9.17, 15) is 8.42 Å². The Morgan fingerprint density at radius 3 is 2.75 bits per heavy atom. The van der Waals surface area contributed by atoms with E-state index in [0.717, 1.165) is 13.1 Å². The van der Waals surface area contributed by atoms with Gasteiger partial charge in [-0.15, -0.1) is 0 Å². The summed E-state index contributed by atoms with van der Waals surface area (Å²) in [5.41, 5.74) is 0.712. The average Bonchev–Trinajstić information content (AvgIpc) is 2.39. The molecule has 0 saturated carbocycles. The zero-order valence-corrected chi connectivity index (χ0v) is 13.0. The minimum Gasteiger partial charge on any atom is -0.374 e. The minimum absolute atomic E-state index is 0.0489. The van der Waals surface area contributed by atoms with Crippen LogP contribution in [0.15, 0.2) is 24.3 Å². The number of morpholine rings is 1. The first-order chi connectivity index (χ1) is 9.44. The highest BCUT2D eigenvalue weighted by atomic mass is 35.5. The number of nitrogens with zero attached hydrogens (tertiary/aromatic N) is 1. The van der Waals surface area contributed by atoms with Gasteiger partial charge in [0.1, 0.15) is 0 Å². The normalized spacial score (nSPS) is 21.0. The number of rotatable bonds is 5. The third-order valence-corrected chi connectivity index (χ3v) is 4.71. The molecule has 1 aromatic carbocycles. The number of nitrogens with one attached hydrogen (secondary N) is 1. The lowest BCUT2D eigenvalue weighted by Crippen LogP contribution is -2.46. The summed E-state index contributed by atoms with van der Waals surface area (Å²) in [7, 11) is -1.36. The lowest BCUT2D eigenvalue weighted by molar-refractivity contribution is -0.0156. The fourth-order valence-corrected chi connectivity index (χ4v) is 3.36. The van der Waals surface area contributed by atoms with Crippen LogP contribution in [0.3, 0.4) is 0 Å². The molecule has 1 saturated heterocycles. The van der Waals surface area contributed by atoms with Crippen LogP contribution >= 0.6 is 11.6 Å². The van der Waals surface area contributed by atoms with Crippen LogP contribution in [0.25, 0.3) is 0 Å². The molecular formula is C13H19ClN2O3S. The Labute approximate surface area is 124 Å². The molecule has 0 amide bonds. The number of hydrogen-bond donors (Lipinski definition) is 1. The number of benzene rings is 1. The molecule has 1 aliphatic heterocycles. The van der Waals surface area contributed by atoms with E-state index in [-0.39, 0.29) is 11.9 Å². The molecule has 1 heterocycles. The highest BCUT2D eigenvalue weighted by Crippen LogP contribution is 2.12. The van der Waals surface area contributed by atoms with E-state index >= 15 is 0 Å². The van der Waals surface area contributed by atoms with Crippen LogP contribution in [-0.2, 0) is 20.5 Å². The third-order valence-electron chi connectivity index (χ3n) is 3.14. The number of sulfonamides is 1. The van der Waals surface area contributed by atoms with Crippen LogP contribution in [0.1, 0.15) is 5.56 Å². The number of likely N-dealkylation sites (N-methyl/N-ethyl adjacent to an activating group) is 1. The average molecular weight is 319 g/mol. The Morgan fingerprint density at radius 2 is 2.10 bits per heavy atom. The van der Waals surface area contributed by atoms with Crippen molar-refractivity contribution in [2.45, 2.75) is 11.9 Å². The molecule has 0 spiro atoms. The van der Waals surface area contributed by atoms with E-state index in [1.807, 2.05) is 7.05 Å². The van der Waals surface area contributed by atoms with E-state index in [1.165, 1.54) is 0 Å². The van der Waals surface area contributed by atoms with E-state index in [4.69, 9.17) is 16.3 Å². The first-order valence-corrected chi connectivity index (χ1v) is 8.49. The summed E-state index contributed by atoms with van der Waals surface area (Å²) >= 11 is 5.77. The molecule has 112 valence electrons. The zero-order valence-electron chi connectivity index (χ0n) is 11.4. The van der Waals surface area contributed by atoms with Gasteiger partial charge in [0.05, 0.1) is 18.5 Å². The topological polar surface area (TPSA) is 58.6 Å². The fraction of sp³-hybridized carbons (Fsp3) is 0.538. The summed E-state index contributed by atoms with van der Waals surface area (Å²) < 4.78 is 32.1. The Kier molecular flexibility index (Phi) is 5.40. The largest absolute Gasteiger partial charge is 0.374 e. The molecular weight excluding hydrogens is 300 g/mol. The fourth-order valence-electron chi connectivity index (χ4n) is 2.06. The second-order valence-electron chi connectivity index (χ2n) is 4.99. The van der Waals surface area contributed by atoms with E-state index in [1.54, 1.807) is 24.3 Å². The first-order valence-electron chi connectivity index (χ1n) is 6.46. The summed E-state index contributed by atoms with van der Waals surface area (Å²) in [5.74, 6) is -0.0489. The standard InChI is InChI=1S/C13H19ClN2O3S/c1-16-6-7-19-13(9-16)8-15-20(17,18)10-11-2-4-12(14)5-3-11/h2-5,13,15H,6-10H2,1H3. The van der Waals surface area contributed by atoms with Crippen molar-refractivity contribution < 1.29 is 13.2 Å². The lowest BCUT2D eigenvalue weighted by Gasteiger charge is -2.30. The maximum Gasteiger partial charge on any atom is 0.215 e. The minimum atomic E-state index is -3.36. The van der Waals surface area contributed by atoms with Gasteiger partial charge in [-0.2, -0.15) is 0 Å². The zero-order chi connectivity index (χ0) is 14.6. The summed E-state index contributed by atoms with van der Waals surface area (Å²) in [6, 6.07) is 6.80. The van der Waals surface area contributed by atoms with Crippen molar-refractivity contribution in [1.29, 1.82) is 0 Å². The predicted octanol–water partition coefficient (Wildman–Crippen LogP) is 1.09. The van der Waals surface area contributed by atoms with Crippen LogP contribution in [0.4, 0.5) is 0 Å². The first kappa shape index (κ1) is 15.7. The van der Waals surface area contributed by atoms with E-state index in [2.05, 4.69) is 9.62 Å². The molecule has 1 N–H and O–H groups in total. The van der Waals surface area contributed by atoms with Gasteiger partial charge in [0.25, 0.3) is 0 Å². The summed E-state index contributed by atoms with van der Waals surface area (Å²) in [5, 5.41) is 0.595. The molecule has 0 aliphatic carbocycles. The molecule has 2 rings (SSSR count). The Morgan fingerprint density at radius 1 is 1.40 bits per heavy atom. The monoisotopic (exact) mass is 318 g/mol. The third kappa shape index (κ3) is 5.03. The summed E-state index contributed by atoms with van der Waals surface area (Å²) in [6.45, 7) is 2.57. The highest BCUT2D eigenvalue weighted by Gasteiger charge is 2.20. The van der Waals surface area contributed by atoms with Crippen LogP contribution in [0.2, 0.25) is 5.02 Å². The van der Waals surface area contributed by atoms with E-state index in [0.29, 0.717) is 23.7 Å². The highest BCUT2D eigenvalue weighted by molar-refractivity contribution is 7.88. The summed E-state index contributed by atoms with van der Waals surface area (Å²) in [4.78, 5) is 2.13. The van der Waals surface area contributed by atoms with Gasteiger partial charge < -0.3 is 9.64 Å². The van der Waals surface area contributed by atoms with Crippen LogP contribution in [0, 0.1) is 0 Å². The molecule has 1 unspecified atom stereocenters. The molecule has 0 aromatic heterocycles. The van der Waals surface area contributed by atoms with Crippen LogP contribution < -0.4 is 4.72 Å². The molecule has 5 nitrogen and oxygen atoms in total. The van der Waals surface area contributed by atoms with Gasteiger partial charge in [-0.1, -0.05) is 23.7 Å². The van der Waals surface area contributed by atoms with Gasteiger partial charge in [-0.25, -0.2) is 13.1 Å². The molecule has 20 heavy (non-hydrogen) atoms. The lowest BCUT2D eigenvalue weighted by atomic mass is 10.2. The van der Waals surface area contributed by atoms with Crippen molar-refractivity contribution in [2.75, 3.05) is 33.3 Å². The van der Waals surface area contributed by atoms with Gasteiger partial charge in [-0.05, 0) is 24.7 Å². The van der Waals surface area contributed by atoms with Crippen molar-refractivity contribution in [3.05, 3.63) is 34.9 Å². The van der Waals surface area contributed by atoms with Crippen molar-refractivity contribution in [1.82, 2.24) is 9.62 Å². The van der Waals surface area contributed by atoms with Crippen LogP contribution in [-0.4, -0.2) is 52.7 Å². The van der Waals surface area contributed by atoms with Gasteiger partial charge in [0, 0.05) is 24.7 Å². The quantitative estimate of drug-likeness (QED) is 0.883. The van der Waals surface area contributed by atoms with Gasteiger partial charge in [-0.3, -0.25) is 0 Å². The Balaban J connectivity index is 1.86. The van der Waals surface area contributed by atoms with Gasteiger partial charge >= 0.3 is 0 Å². The molecule has 1 fully saturated rings. The van der Waals surface area contributed by atoms with Crippen molar-refractivity contribution in [3.63, 3.8) is 0 Å². The van der Waals surface area contributed by atoms with Gasteiger partial charge in [0.15, 0.2) is 0 Å². The second kappa shape index (κ2) is 6.87. The maximum atomic E-state index is 12.0. The predicted molar refractivity (Wildman–Crippen MR) is 79.3 cm³/mol.